The van der Waals surface area contributed by atoms with Crippen LogP contribution >= 0.6 is 0 Å². The summed E-state index contributed by atoms with van der Waals surface area (Å²) in [6, 6.07) is 1.76. The second-order valence-corrected chi connectivity index (χ2v) is 11.2. The zero-order valence-electron chi connectivity index (χ0n) is 21.7. The lowest BCUT2D eigenvalue weighted by molar-refractivity contribution is -0.210. The molecule has 1 saturated heterocycles. The fraction of sp³-hybridized carbons (Fsp3) is 0.714. The smallest absolute Gasteiger partial charge is 0.310 e. The van der Waals surface area contributed by atoms with Gasteiger partial charge >= 0.3 is 17.9 Å². The molecule has 8 heteroatoms. The van der Waals surface area contributed by atoms with Crippen LogP contribution in [0.15, 0.2) is 23.0 Å². The highest BCUT2D eigenvalue weighted by atomic mass is 16.6. The Morgan fingerprint density at radius 3 is 2.58 bits per heavy atom. The molecule has 8 nitrogen and oxygen atoms in total. The van der Waals surface area contributed by atoms with Gasteiger partial charge in [0.2, 0.25) is 0 Å². The highest BCUT2D eigenvalue weighted by Crippen LogP contribution is 2.65. The summed E-state index contributed by atoms with van der Waals surface area (Å²) in [5, 5.41) is 0. The molecule has 1 aliphatic heterocycles. The zero-order valence-corrected chi connectivity index (χ0v) is 21.7. The molecule has 2 saturated carbocycles. The molecule has 0 aromatic carbocycles. The van der Waals surface area contributed by atoms with E-state index < -0.39 is 52.7 Å². The Labute approximate surface area is 212 Å². The summed E-state index contributed by atoms with van der Waals surface area (Å²) < 4.78 is 21.9. The Morgan fingerprint density at radius 1 is 1.14 bits per heavy atom. The number of rotatable bonds is 8. The molecule has 0 bridgehead atoms. The van der Waals surface area contributed by atoms with Crippen molar-refractivity contribution in [2.45, 2.75) is 90.8 Å². The molecule has 2 heterocycles. The van der Waals surface area contributed by atoms with Gasteiger partial charge in [-0.15, -0.1) is 0 Å². The molecule has 0 N–H and O–H groups in total. The van der Waals surface area contributed by atoms with Crippen LogP contribution < -0.4 is 0 Å². The molecule has 3 fully saturated rings. The number of cyclic esters (lactones) is 1. The van der Waals surface area contributed by atoms with Gasteiger partial charge in [0.15, 0.2) is 11.9 Å². The van der Waals surface area contributed by atoms with Crippen molar-refractivity contribution in [3.8, 4) is 0 Å². The van der Waals surface area contributed by atoms with Crippen molar-refractivity contribution >= 4 is 23.7 Å². The lowest BCUT2D eigenvalue weighted by Gasteiger charge is -2.61. The van der Waals surface area contributed by atoms with Gasteiger partial charge in [0.05, 0.1) is 31.5 Å². The van der Waals surface area contributed by atoms with Crippen LogP contribution in [0.3, 0.4) is 0 Å². The van der Waals surface area contributed by atoms with Crippen molar-refractivity contribution in [3.05, 3.63) is 24.2 Å². The molecule has 0 amide bonds. The van der Waals surface area contributed by atoms with Gasteiger partial charge in [0, 0.05) is 24.3 Å². The van der Waals surface area contributed by atoms with Gasteiger partial charge in [-0.2, -0.15) is 0 Å². The van der Waals surface area contributed by atoms with Crippen molar-refractivity contribution in [2.24, 2.45) is 28.6 Å². The Hall–Kier alpha value is -2.64. The van der Waals surface area contributed by atoms with Gasteiger partial charge in [0.25, 0.3) is 0 Å². The van der Waals surface area contributed by atoms with Crippen LogP contribution in [0, 0.1) is 28.6 Å². The molecule has 1 aromatic rings. The maximum absolute atomic E-state index is 14.1. The number of Topliss-reactive ketones (excluding diaryl/α,β-unsaturated/α-hetero) is 1. The molecular formula is C28H38O8. The quantitative estimate of drug-likeness (QED) is 0.279. The maximum Gasteiger partial charge on any atom is 0.310 e. The van der Waals surface area contributed by atoms with Gasteiger partial charge in [-0.25, -0.2) is 0 Å². The molecule has 36 heavy (non-hydrogen) atoms. The monoisotopic (exact) mass is 502 g/mol. The molecule has 198 valence electrons. The summed E-state index contributed by atoms with van der Waals surface area (Å²) in [6.07, 6.45) is 6.99. The predicted molar refractivity (Wildman–Crippen MR) is 128 cm³/mol. The summed E-state index contributed by atoms with van der Waals surface area (Å²) in [6.45, 7) is 6.00. The van der Waals surface area contributed by atoms with E-state index in [0.29, 0.717) is 25.7 Å². The molecule has 0 unspecified atom stereocenters. The van der Waals surface area contributed by atoms with E-state index in [4.69, 9.17) is 18.6 Å². The maximum atomic E-state index is 14.1. The highest BCUT2D eigenvalue weighted by Gasteiger charge is 2.67. The van der Waals surface area contributed by atoms with Crippen LogP contribution in [-0.2, 0) is 33.4 Å². The minimum absolute atomic E-state index is 0.107. The minimum Gasteiger partial charge on any atom is -0.472 e. The van der Waals surface area contributed by atoms with Gasteiger partial charge in [-0.3, -0.25) is 19.2 Å². The number of ketones is 1. The van der Waals surface area contributed by atoms with E-state index in [1.165, 1.54) is 13.4 Å². The zero-order chi connectivity index (χ0) is 26.1. The van der Waals surface area contributed by atoms with E-state index in [9.17, 15) is 19.2 Å². The molecule has 3 aliphatic rings. The molecule has 0 spiro atoms. The number of methoxy groups -OCH3 is 1. The van der Waals surface area contributed by atoms with E-state index in [0.717, 1.165) is 24.8 Å². The Balaban J connectivity index is 1.66. The lowest BCUT2D eigenvalue weighted by Crippen LogP contribution is -2.64. The third-order valence-corrected chi connectivity index (χ3v) is 9.01. The first-order valence-corrected chi connectivity index (χ1v) is 13.2. The summed E-state index contributed by atoms with van der Waals surface area (Å²) in [7, 11) is 1.34. The van der Waals surface area contributed by atoms with Gasteiger partial charge in [-0.05, 0) is 42.6 Å². The van der Waals surface area contributed by atoms with Gasteiger partial charge in [0.1, 0.15) is 6.10 Å². The molecule has 7 atom stereocenters. The van der Waals surface area contributed by atoms with Crippen molar-refractivity contribution in [2.75, 3.05) is 7.11 Å². The van der Waals surface area contributed by atoms with Crippen LogP contribution in [0.5, 0.6) is 0 Å². The second kappa shape index (κ2) is 10.4. The number of hydrogen-bond donors (Lipinski definition) is 0. The fourth-order valence-electron chi connectivity index (χ4n) is 7.18. The third kappa shape index (κ3) is 4.59. The van der Waals surface area contributed by atoms with Crippen LogP contribution in [0.4, 0.5) is 0 Å². The van der Waals surface area contributed by atoms with E-state index >= 15 is 0 Å². The van der Waals surface area contributed by atoms with E-state index in [1.807, 2.05) is 13.8 Å². The topological polar surface area (TPSA) is 109 Å². The number of carbonyl (C=O) groups excluding carboxylic acids is 4. The number of carbonyl (C=O) groups is 4. The van der Waals surface area contributed by atoms with Gasteiger partial charge in [-0.1, -0.05) is 40.0 Å². The predicted octanol–water partition coefficient (Wildman–Crippen LogP) is 4.95. The average molecular weight is 503 g/mol. The van der Waals surface area contributed by atoms with E-state index in [1.54, 1.807) is 12.3 Å². The third-order valence-electron chi connectivity index (χ3n) is 9.01. The van der Waals surface area contributed by atoms with Crippen molar-refractivity contribution in [1.82, 2.24) is 0 Å². The van der Waals surface area contributed by atoms with Crippen LogP contribution in [0.2, 0.25) is 0 Å². The SMILES string of the molecule is CCCCCCC(=O)O[C@H]1C[C@@H](C(=O)OC)[C@]2(C)CC[C@H]3C(=O)O[C@H](c4ccoc4)C[C@]3(C)[C@H]2C1=O. The summed E-state index contributed by atoms with van der Waals surface area (Å²) in [4.78, 5) is 52.9. The average Bonchev–Trinajstić information content (AvgIpc) is 3.37. The first-order valence-electron chi connectivity index (χ1n) is 13.2. The standard InChI is InChI=1S/C28H38O8/c1-5-6-7-8-9-22(29)35-20-14-19(25(31)33-4)27(2)12-10-18-26(32)36-21(17-11-13-34-16-17)15-28(18,3)24(27)23(20)30/h11,13,16,18-21,24H,5-10,12,14-15H2,1-4H3/t18-,19-,20-,21-,24-,27-,28-/m0/s1. The largest absolute Gasteiger partial charge is 0.472 e. The van der Waals surface area contributed by atoms with E-state index in [2.05, 4.69) is 6.92 Å². The van der Waals surface area contributed by atoms with E-state index in [-0.39, 0.29) is 24.6 Å². The lowest BCUT2D eigenvalue weighted by atomic mass is 9.43. The first kappa shape index (κ1) is 26.4. The number of esters is 3. The van der Waals surface area contributed by atoms with Crippen LogP contribution in [0.1, 0.15) is 90.2 Å². The molecule has 0 radical (unpaired) electrons. The molecule has 1 aromatic heterocycles. The molecule has 2 aliphatic carbocycles. The van der Waals surface area contributed by atoms with Crippen LogP contribution in [0.25, 0.3) is 0 Å². The Bertz CT molecular complexity index is 984. The molecule has 4 rings (SSSR count). The van der Waals surface area contributed by atoms with Crippen molar-refractivity contribution < 1.29 is 37.8 Å². The summed E-state index contributed by atoms with van der Waals surface area (Å²) >= 11 is 0. The number of ether oxygens (including phenoxy) is 3. The van der Waals surface area contributed by atoms with Crippen LogP contribution in [-0.4, -0.2) is 36.9 Å². The number of hydrogen-bond acceptors (Lipinski definition) is 8. The normalized spacial score (nSPS) is 35.8. The minimum atomic E-state index is -1.04. The number of unbranched alkanes of at least 4 members (excludes halogenated alkanes) is 3. The fourth-order valence-corrected chi connectivity index (χ4v) is 7.18. The first-order chi connectivity index (χ1) is 17.2. The second-order valence-electron chi connectivity index (χ2n) is 11.2. The highest BCUT2D eigenvalue weighted by molar-refractivity contribution is 5.93. The summed E-state index contributed by atoms with van der Waals surface area (Å²) in [5.41, 5.74) is -0.768. The number of fused-ring (bicyclic) bond motifs is 3. The molecular weight excluding hydrogens is 464 g/mol. The van der Waals surface area contributed by atoms with Gasteiger partial charge < -0.3 is 18.6 Å². The van der Waals surface area contributed by atoms with Crippen molar-refractivity contribution in [3.63, 3.8) is 0 Å². The van der Waals surface area contributed by atoms with Crippen molar-refractivity contribution in [1.29, 1.82) is 0 Å². The Morgan fingerprint density at radius 2 is 1.92 bits per heavy atom. The Kier molecular flexibility index (Phi) is 7.62. The number of furan rings is 1. The summed E-state index contributed by atoms with van der Waals surface area (Å²) in [5.74, 6) is -3.14.